The van der Waals surface area contributed by atoms with E-state index in [-0.39, 0.29) is 4.90 Å². The minimum absolute atomic E-state index is 0.0851. The van der Waals surface area contributed by atoms with Crippen LogP contribution < -0.4 is 10.5 Å². The third-order valence-electron chi connectivity index (χ3n) is 2.58. The van der Waals surface area contributed by atoms with Gasteiger partial charge in [0, 0.05) is 0 Å². The molecule has 6 nitrogen and oxygen atoms in total. The highest BCUT2D eigenvalue weighted by atomic mass is 79.9. The molecular weight excluding hydrogens is 438 g/mol. The van der Waals surface area contributed by atoms with Gasteiger partial charge in [0.2, 0.25) is 12.4 Å². The lowest BCUT2D eigenvalue weighted by molar-refractivity contribution is -0.640. The lowest BCUT2D eigenvalue weighted by atomic mass is 10.1. The number of rotatable bonds is 1. The molecule has 2 N–H and O–H groups in total. The van der Waals surface area contributed by atoms with E-state index in [0.29, 0.717) is 20.3 Å². The molecule has 0 atom stereocenters. The van der Waals surface area contributed by atoms with Gasteiger partial charge in [0.15, 0.2) is 9.21 Å². The molecule has 1 aromatic heterocycles. The maximum Gasteiger partial charge on any atom is 0.231 e. The minimum atomic E-state index is -4.33. The summed E-state index contributed by atoms with van der Waals surface area (Å²) in [5.74, 6) is 5.38. The molecule has 1 aromatic carbocycles. The maximum atomic E-state index is 10.8. The Kier molecular flexibility index (Phi) is 6.48. The van der Waals surface area contributed by atoms with E-state index in [1.54, 1.807) is 38.4 Å². The molecule has 2 aromatic rings. The maximum absolute atomic E-state index is 10.8. The summed E-state index contributed by atoms with van der Waals surface area (Å²) in [6.07, 6.45) is 3.32. The molecule has 0 aliphatic carbocycles. The summed E-state index contributed by atoms with van der Waals surface area (Å²) in [6, 6.07) is 3.38. The summed E-state index contributed by atoms with van der Waals surface area (Å²) < 4.78 is 35.3. The first-order chi connectivity index (χ1) is 10.0. The first-order valence-corrected chi connectivity index (χ1v) is 9.03. The number of hydrogen-bond acceptors (Lipinski definition) is 5. The van der Waals surface area contributed by atoms with Crippen molar-refractivity contribution in [2.24, 2.45) is 0 Å². The second-order valence-electron chi connectivity index (χ2n) is 4.64. The van der Waals surface area contributed by atoms with E-state index in [1.807, 2.05) is 6.92 Å². The Morgan fingerprint density at radius 3 is 1.82 bits per heavy atom. The van der Waals surface area contributed by atoms with Crippen LogP contribution in [-0.2, 0) is 10.1 Å². The molecule has 0 fully saturated rings. The molecule has 0 aliphatic heterocycles. The van der Waals surface area contributed by atoms with Crippen LogP contribution in [0.3, 0.4) is 0 Å². The van der Waals surface area contributed by atoms with Crippen LogP contribution in [0.2, 0.25) is 0 Å². The van der Waals surface area contributed by atoms with E-state index in [4.69, 9.17) is 5.84 Å². The lowest BCUT2D eigenvalue weighted by Gasteiger charge is -2.14. The molecule has 9 heteroatoms. The second kappa shape index (κ2) is 7.49. The molecule has 0 spiro atoms. The van der Waals surface area contributed by atoms with Gasteiger partial charge in [-0.1, -0.05) is 22.4 Å². The zero-order valence-corrected chi connectivity index (χ0v) is 16.2. The molecule has 0 saturated heterocycles. The van der Waals surface area contributed by atoms with Crippen molar-refractivity contribution in [2.75, 3.05) is 5.84 Å². The lowest BCUT2D eigenvalue weighted by Crippen LogP contribution is -2.43. The molecule has 0 unspecified atom stereocenters. The Morgan fingerprint density at radius 2 is 1.50 bits per heavy atom. The highest BCUT2D eigenvalue weighted by molar-refractivity contribution is 9.11. The number of benzene rings is 1. The van der Waals surface area contributed by atoms with Crippen LogP contribution in [0.15, 0.2) is 38.6 Å². The molecule has 0 saturated carbocycles. The summed E-state index contributed by atoms with van der Waals surface area (Å²) in [7, 11) is -4.33. The highest BCUT2D eigenvalue weighted by Crippen LogP contribution is 2.20. The first-order valence-electron chi connectivity index (χ1n) is 6.04. The van der Waals surface area contributed by atoms with Gasteiger partial charge in [-0.2, -0.15) is 0 Å². The van der Waals surface area contributed by atoms with Crippen LogP contribution in [0, 0.1) is 20.8 Å². The van der Waals surface area contributed by atoms with Gasteiger partial charge in [-0.05, 0) is 63.8 Å². The largest absolute Gasteiger partial charge is 0.744 e. The van der Waals surface area contributed by atoms with Crippen LogP contribution in [0.25, 0.3) is 0 Å². The van der Waals surface area contributed by atoms with Crippen molar-refractivity contribution in [3.63, 3.8) is 0 Å². The Bertz CT molecular complexity index is 722. The van der Waals surface area contributed by atoms with Crippen molar-refractivity contribution < 1.29 is 17.6 Å². The van der Waals surface area contributed by atoms with Crippen molar-refractivity contribution in [3.8, 4) is 0 Å². The molecule has 0 bridgehead atoms. The van der Waals surface area contributed by atoms with Gasteiger partial charge in [-0.3, -0.25) is 0 Å². The zero-order chi connectivity index (χ0) is 17.1. The van der Waals surface area contributed by atoms with E-state index < -0.39 is 10.1 Å². The zero-order valence-electron chi connectivity index (χ0n) is 12.2. The van der Waals surface area contributed by atoms with Crippen LogP contribution >= 0.6 is 31.9 Å². The summed E-state index contributed by atoms with van der Waals surface area (Å²) in [4.78, 5) is 3.88. The fourth-order valence-electron chi connectivity index (χ4n) is 2.00. The van der Waals surface area contributed by atoms with E-state index >= 15 is 0 Å². The van der Waals surface area contributed by atoms with Gasteiger partial charge in [0.25, 0.3) is 0 Å². The molecule has 1 heterocycles. The molecule has 0 radical (unpaired) electrons. The monoisotopic (exact) mass is 451 g/mol. The Hall–Kier alpha value is -1.03. The summed E-state index contributed by atoms with van der Waals surface area (Å²) in [5, 5.41) is 0. The molecular formula is C13H15Br2N3O3S. The van der Waals surface area contributed by atoms with Gasteiger partial charge in [0.05, 0.1) is 4.90 Å². The molecule has 0 aliphatic rings. The molecule has 120 valence electrons. The number of hydrogen-bond donors (Lipinski definition) is 1. The van der Waals surface area contributed by atoms with Gasteiger partial charge < -0.3 is 4.55 Å². The van der Waals surface area contributed by atoms with E-state index in [9.17, 15) is 13.0 Å². The standard InChI is InChI=1S/C9H12O3S.C4H4Br2N3/c1-6-4-7(2)9(8(3)5-6)13(10,11)12;5-3-1-9(7)2-4(6)8-3/h4-5H,1-3H3,(H,10,11,12);1-2H,(H2,7,8)/q;+1/p-1. The predicted octanol–water partition coefficient (Wildman–Crippen LogP) is 2.12. The normalized spacial score (nSPS) is 10.8. The quantitative estimate of drug-likeness (QED) is 0.405. The van der Waals surface area contributed by atoms with E-state index in [0.717, 1.165) is 5.56 Å². The molecule has 2 rings (SSSR count). The van der Waals surface area contributed by atoms with Gasteiger partial charge >= 0.3 is 0 Å². The van der Waals surface area contributed by atoms with Gasteiger partial charge in [-0.25, -0.2) is 19.2 Å². The third kappa shape index (κ3) is 5.64. The van der Waals surface area contributed by atoms with Gasteiger partial charge in [-0.15, -0.1) is 0 Å². The van der Waals surface area contributed by atoms with Crippen LogP contribution in [0.4, 0.5) is 0 Å². The Balaban J connectivity index is 0.000000235. The summed E-state index contributed by atoms with van der Waals surface area (Å²) >= 11 is 6.34. The first kappa shape index (κ1) is 19.0. The predicted molar refractivity (Wildman–Crippen MR) is 88.6 cm³/mol. The van der Waals surface area contributed by atoms with Crippen molar-refractivity contribution in [2.45, 2.75) is 25.7 Å². The number of nitrogen functional groups attached to an aromatic ring is 1. The SMILES string of the molecule is Cc1cc(C)c(S(=O)(=O)[O-])c(C)c1.N[n+]1cc(Br)nc(Br)c1. The second-order valence-corrected chi connectivity index (χ2v) is 7.59. The van der Waals surface area contributed by atoms with E-state index in [2.05, 4.69) is 36.8 Å². The van der Waals surface area contributed by atoms with Crippen molar-refractivity contribution >= 4 is 42.0 Å². The van der Waals surface area contributed by atoms with E-state index in [1.165, 1.54) is 4.68 Å². The van der Waals surface area contributed by atoms with Crippen LogP contribution in [-0.4, -0.2) is 18.0 Å². The summed E-state index contributed by atoms with van der Waals surface area (Å²) in [6.45, 7) is 5.12. The summed E-state index contributed by atoms with van der Waals surface area (Å²) in [5.41, 5.74) is 2.00. The Morgan fingerprint density at radius 1 is 1.09 bits per heavy atom. The number of nitrogens with two attached hydrogens (primary N) is 1. The third-order valence-corrected chi connectivity index (χ3v) is 4.49. The average molecular weight is 453 g/mol. The van der Waals surface area contributed by atoms with Crippen molar-refractivity contribution in [1.29, 1.82) is 0 Å². The number of aryl methyl sites for hydroxylation is 3. The fourth-order valence-corrected chi connectivity index (χ4v) is 4.00. The fraction of sp³-hybridized carbons (Fsp3) is 0.231. The van der Waals surface area contributed by atoms with Crippen LogP contribution in [0.1, 0.15) is 16.7 Å². The smallest absolute Gasteiger partial charge is 0.231 e. The molecule has 22 heavy (non-hydrogen) atoms. The number of aromatic nitrogens is 2. The van der Waals surface area contributed by atoms with Crippen molar-refractivity contribution in [3.05, 3.63) is 50.4 Å². The number of nitrogens with zero attached hydrogens (tertiary/aromatic N) is 2. The van der Waals surface area contributed by atoms with Gasteiger partial charge in [0.1, 0.15) is 10.1 Å². The van der Waals surface area contributed by atoms with Crippen LogP contribution in [0.5, 0.6) is 0 Å². The Labute approximate surface area is 146 Å². The minimum Gasteiger partial charge on any atom is -0.744 e. The topological polar surface area (TPSA) is 100.0 Å². The molecule has 0 amide bonds. The highest BCUT2D eigenvalue weighted by Gasteiger charge is 2.09. The average Bonchev–Trinajstić information content (AvgIpc) is 2.23. The number of halogens is 2. The van der Waals surface area contributed by atoms with Crippen molar-refractivity contribution in [1.82, 2.24) is 4.98 Å².